The Kier molecular flexibility index (Phi) is 6.57. The average molecular weight is 402 g/mol. The lowest BCUT2D eigenvalue weighted by atomic mass is 10.1. The number of carbonyl (C=O) groups excluding carboxylic acids is 2. The Morgan fingerprint density at radius 3 is 2.79 bits per heavy atom. The molecule has 0 spiro atoms. The summed E-state index contributed by atoms with van der Waals surface area (Å²) in [5.41, 5.74) is 1.26. The number of ether oxygens (including phenoxy) is 1. The lowest BCUT2D eigenvalue weighted by Crippen LogP contribution is -2.40. The molecule has 0 aromatic heterocycles. The highest BCUT2D eigenvalue weighted by molar-refractivity contribution is 8.00. The van der Waals surface area contributed by atoms with Crippen LogP contribution in [0.25, 0.3) is 0 Å². The quantitative estimate of drug-likeness (QED) is 0.711. The van der Waals surface area contributed by atoms with Gasteiger partial charge in [-0.15, -0.1) is 11.8 Å². The number of methoxy groups -OCH3 is 1. The van der Waals surface area contributed by atoms with E-state index >= 15 is 0 Å². The molecule has 0 radical (unpaired) electrons. The van der Waals surface area contributed by atoms with E-state index in [9.17, 15) is 14.0 Å². The molecule has 2 aromatic carbocycles. The molecule has 1 heterocycles. The smallest absolute Gasteiger partial charge is 0.254 e. The fraction of sp³-hybridized carbons (Fsp3) is 0.333. The molecule has 0 unspecified atom stereocenters. The first kappa shape index (κ1) is 20.2. The summed E-state index contributed by atoms with van der Waals surface area (Å²) in [6, 6.07) is 13.3. The largest absolute Gasteiger partial charge is 0.496 e. The van der Waals surface area contributed by atoms with Crippen molar-refractivity contribution >= 4 is 23.6 Å². The number of hydrogen-bond donors (Lipinski definition) is 0. The molecule has 1 aliphatic rings. The molecular formula is C21H23FN2O3S. The van der Waals surface area contributed by atoms with E-state index in [0.717, 1.165) is 11.3 Å². The monoisotopic (exact) mass is 402 g/mol. The third-order valence-electron chi connectivity index (χ3n) is 4.72. The summed E-state index contributed by atoms with van der Waals surface area (Å²) in [7, 11) is 1.61. The maximum atomic E-state index is 13.4. The number of benzene rings is 2. The van der Waals surface area contributed by atoms with E-state index in [1.807, 2.05) is 31.2 Å². The summed E-state index contributed by atoms with van der Waals surface area (Å²) < 4.78 is 18.9. The highest BCUT2D eigenvalue weighted by atomic mass is 32.2. The Morgan fingerprint density at radius 1 is 1.29 bits per heavy atom. The molecule has 5 nitrogen and oxygen atoms in total. The summed E-state index contributed by atoms with van der Waals surface area (Å²) in [4.78, 5) is 28.6. The standard InChI is InChI=1S/C21H23FN2O3S/c1-3-23(20(26)15-7-6-8-16(22)13-15)11-12-24-19(25)14-28-21(24)17-9-4-5-10-18(17)27-2/h4-10,13,21H,3,11-12,14H2,1-2H3/t21-/m1/s1. The van der Waals surface area contributed by atoms with Crippen LogP contribution in [0.2, 0.25) is 0 Å². The van der Waals surface area contributed by atoms with Crippen molar-refractivity contribution in [3.05, 3.63) is 65.5 Å². The predicted molar refractivity (Wildman–Crippen MR) is 108 cm³/mol. The molecule has 1 aliphatic heterocycles. The molecule has 7 heteroatoms. The number of carbonyl (C=O) groups is 2. The minimum absolute atomic E-state index is 0.0372. The van der Waals surface area contributed by atoms with Gasteiger partial charge in [-0.25, -0.2) is 4.39 Å². The van der Waals surface area contributed by atoms with Crippen LogP contribution in [0.15, 0.2) is 48.5 Å². The van der Waals surface area contributed by atoms with Crippen LogP contribution in [0.1, 0.15) is 28.2 Å². The van der Waals surface area contributed by atoms with Gasteiger partial charge in [0.15, 0.2) is 0 Å². The SMILES string of the molecule is CCN(CCN1C(=O)CS[C@@H]1c1ccccc1OC)C(=O)c1cccc(F)c1. The second kappa shape index (κ2) is 9.10. The first-order valence-electron chi connectivity index (χ1n) is 9.14. The molecule has 2 amide bonds. The Hall–Kier alpha value is -2.54. The second-order valence-corrected chi connectivity index (χ2v) is 7.46. The molecule has 28 heavy (non-hydrogen) atoms. The molecule has 1 saturated heterocycles. The Morgan fingerprint density at radius 2 is 2.07 bits per heavy atom. The minimum Gasteiger partial charge on any atom is -0.496 e. The highest BCUT2D eigenvalue weighted by Crippen LogP contribution is 2.42. The van der Waals surface area contributed by atoms with Crippen molar-refractivity contribution in [3.8, 4) is 5.75 Å². The van der Waals surface area contributed by atoms with Gasteiger partial charge in [0.2, 0.25) is 5.91 Å². The molecule has 0 N–H and O–H groups in total. The van der Waals surface area contributed by atoms with Crippen LogP contribution in [0, 0.1) is 5.82 Å². The Bertz CT molecular complexity index is 861. The average Bonchev–Trinajstić information content (AvgIpc) is 3.08. The molecule has 0 saturated carbocycles. The first-order valence-corrected chi connectivity index (χ1v) is 10.2. The van der Waals surface area contributed by atoms with E-state index in [1.54, 1.807) is 34.7 Å². The zero-order valence-corrected chi connectivity index (χ0v) is 16.7. The van der Waals surface area contributed by atoms with Crippen LogP contribution in [0.3, 0.4) is 0 Å². The van der Waals surface area contributed by atoms with Gasteiger partial charge in [0, 0.05) is 30.8 Å². The molecule has 1 fully saturated rings. The van der Waals surface area contributed by atoms with Gasteiger partial charge in [-0.1, -0.05) is 24.3 Å². The van der Waals surface area contributed by atoms with Crippen molar-refractivity contribution in [1.82, 2.24) is 9.80 Å². The Balaban J connectivity index is 1.73. The maximum absolute atomic E-state index is 13.4. The summed E-state index contributed by atoms with van der Waals surface area (Å²) in [6.07, 6.45) is 0. The van der Waals surface area contributed by atoms with Crippen LogP contribution in [-0.4, -0.2) is 54.1 Å². The molecule has 2 aromatic rings. The zero-order chi connectivity index (χ0) is 20.1. The molecule has 0 bridgehead atoms. The number of halogens is 1. The van der Waals surface area contributed by atoms with Crippen molar-refractivity contribution < 1.29 is 18.7 Å². The summed E-state index contributed by atoms with van der Waals surface area (Å²) >= 11 is 1.55. The van der Waals surface area contributed by atoms with E-state index < -0.39 is 5.82 Å². The van der Waals surface area contributed by atoms with E-state index in [4.69, 9.17) is 4.74 Å². The molecular weight excluding hydrogens is 379 g/mol. The van der Waals surface area contributed by atoms with Crippen molar-refractivity contribution in [2.45, 2.75) is 12.3 Å². The van der Waals surface area contributed by atoms with Crippen LogP contribution in [0.4, 0.5) is 4.39 Å². The fourth-order valence-corrected chi connectivity index (χ4v) is 4.50. The number of thioether (sulfide) groups is 1. The van der Waals surface area contributed by atoms with Gasteiger partial charge in [-0.3, -0.25) is 9.59 Å². The van der Waals surface area contributed by atoms with Gasteiger partial charge >= 0.3 is 0 Å². The van der Waals surface area contributed by atoms with Crippen LogP contribution >= 0.6 is 11.8 Å². The lowest BCUT2D eigenvalue weighted by Gasteiger charge is -2.29. The molecule has 1 atom stereocenters. The van der Waals surface area contributed by atoms with Gasteiger partial charge in [0.25, 0.3) is 5.91 Å². The molecule has 0 aliphatic carbocycles. The number of amides is 2. The van der Waals surface area contributed by atoms with E-state index in [0.29, 0.717) is 31.0 Å². The number of nitrogens with zero attached hydrogens (tertiary/aromatic N) is 2. The van der Waals surface area contributed by atoms with Crippen LogP contribution in [-0.2, 0) is 4.79 Å². The van der Waals surface area contributed by atoms with Crippen molar-refractivity contribution in [2.24, 2.45) is 0 Å². The van der Waals surface area contributed by atoms with Crippen molar-refractivity contribution in [1.29, 1.82) is 0 Å². The van der Waals surface area contributed by atoms with Gasteiger partial charge in [-0.05, 0) is 31.2 Å². The van der Waals surface area contributed by atoms with Crippen LogP contribution in [0.5, 0.6) is 5.75 Å². The highest BCUT2D eigenvalue weighted by Gasteiger charge is 2.34. The third-order valence-corrected chi connectivity index (χ3v) is 5.96. The van der Waals surface area contributed by atoms with E-state index in [2.05, 4.69) is 0 Å². The fourth-order valence-electron chi connectivity index (χ4n) is 3.26. The zero-order valence-electron chi connectivity index (χ0n) is 15.9. The molecule has 148 valence electrons. The number of hydrogen-bond acceptors (Lipinski definition) is 4. The lowest BCUT2D eigenvalue weighted by molar-refractivity contribution is -0.128. The predicted octanol–water partition coefficient (Wildman–Crippen LogP) is 3.57. The first-order chi connectivity index (χ1) is 13.5. The normalized spacial score (nSPS) is 16.3. The van der Waals surface area contributed by atoms with Gasteiger partial charge in [0.1, 0.15) is 16.9 Å². The van der Waals surface area contributed by atoms with E-state index in [-0.39, 0.29) is 17.2 Å². The number of likely N-dealkylation sites (N-methyl/N-ethyl adjacent to an activating group) is 1. The van der Waals surface area contributed by atoms with E-state index in [1.165, 1.54) is 18.2 Å². The van der Waals surface area contributed by atoms with Gasteiger partial charge in [0.05, 0.1) is 12.9 Å². The Labute approximate surface area is 168 Å². The van der Waals surface area contributed by atoms with Crippen molar-refractivity contribution in [2.75, 3.05) is 32.5 Å². The third kappa shape index (κ3) is 4.30. The summed E-state index contributed by atoms with van der Waals surface area (Å²) in [6.45, 7) is 3.13. The van der Waals surface area contributed by atoms with Crippen molar-refractivity contribution in [3.63, 3.8) is 0 Å². The topological polar surface area (TPSA) is 49.9 Å². The molecule has 3 rings (SSSR count). The second-order valence-electron chi connectivity index (χ2n) is 6.39. The minimum atomic E-state index is -0.440. The summed E-state index contributed by atoms with van der Waals surface area (Å²) in [5, 5.41) is -0.147. The van der Waals surface area contributed by atoms with Gasteiger partial charge in [-0.2, -0.15) is 0 Å². The van der Waals surface area contributed by atoms with Gasteiger partial charge < -0.3 is 14.5 Å². The number of rotatable bonds is 7. The summed E-state index contributed by atoms with van der Waals surface area (Å²) in [5.74, 6) is 0.490. The maximum Gasteiger partial charge on any atom is 0.254 e. The number of para-hydroxylation sites is 1. The van der Waals surface area contributed by atoms with Crippen LogP contribution < -0.4 is 4.74 Å².